The number of nitrogens with two attached hydrogens (primary N) is 1. The van der Waals surface area contributed by atoms with E-state index in [2.05, 4.69) is 5.32 Å². The Labute approximate surface area is 133 Å². The van der Waals surface area contributed by atoms with Gasteiger partial charge in [0.2, 0.25) is 5.91 Å². The third-order valence-corrected chi connectivity index (χ3v) is 2.80. The molecule has 120 valence electrons. The first-order valence-corrected chi connectivity index (χ1v) is 6.79. The van der Waals surface area contributed by atoms with Crippen molar-refractivity contribution in [2.75, 3.05) is 32.1 Å². The molecule has 5 nitrogen and oxygen atoms in total. The first-order chi connectivity index (χ1) is 9.34. The number of ether oxygens (including phenoxy) is 1. The van der Waals surface area contributed by atoms with E-state index < -0.39 is 0 Å². The van der Waals surface area contributed by atoms with Gasteiger partial charge in [0, 0.05) is 23.8 Å². The third-order valence-electron chi connectivity index (χ3n) is 2.80. The number of carbonyl (C=O) groups excluding carboxylic acids is 1. The lowest BCUT2D eigenvalue weighted by Gasteiger charge is -2.28. The number of carbonyl (C=O) groups is 1. The number of benzene rings is 1. The summed E-state index contributed by atoms with van der Waals surface area (Å²) in [5.74, 6) is 0.669. The first-order valence-electron chi connectivity index (χ1n) is 6.79. The van der Waals surface area contributed by atoms with E-state index in [0.29, 0.717) is 13.1 Å². The predicted octanol–water partition coefficient (Wildman–Crippen LogP) is 2.11. The quantitative estimate of drug-likeness (QED) is 0.808. The van der Waals surface area contributed by atoms with Crippen molar-refractivity contribution < 1.29 is 9.53 Å². The van der Waals surface area contributed by atoms with Crippen LogP contribution in [0.5, 0.6) is 5.75 Å². The molecule has 1 rings (SSSR count). The normalized spacial score (nSPS) is 11.0. The molecule has 0 aliphatic carbocycles. The van der Waals surface area contributed by atoms with Crippen LogP contribution >= 0.6 is 12.4 Å². The maximum absolute atomic E-state index is 12.0. The van der Waals surface area contributed by atoms with Gasteiger partial charge in [0.1, 0.15) is 5.75 Å². The molecule has 0 atom stereocenters. The van der Waals surface area contributed by atoms with Crippen LogP contribution in [0.2, 0.25) is 0 Å². The highest BCUT2D eigenvalue weighted by atomic mass is 35.5. The molecule has 0 aromatic heterocycles. The Morgan fingerprint density at radius 1 is 1.43 bits per heavy atom. The van der Waals surface area contributed by atoms with Crippen LogP contribution in [0, 0.1) is 0 Å². The molecular formula is C15H26ClN3O2. The van der Waals surface area contributed by atoms with E-state index in [9.17, 15) is 4.79 Å². The Hall–Kier alpha value is -1.30. The zero-order valence-corrected chi connectivity index (χ0v) is 14.0. The van der Waals surface area contributed by atoms with E-state index in [1.165, 1.54) is 0 Å². The molecule has 0 unspecified atom stereocenters. The second-order valence-electron chi connectivity index (χ2n) is 5.57. The molecule has 1 aromatic carbocycles. The first kappa shape index (κ1) is 19.7. The number of hydrogen-bond donors (Lipinski definition) is 2. The number of likely N-dealkylation sites (N-methyl/N-ethyl adjacent to an activating group) is 1. The highest BCUT2D eigenvalue weighted by Crippen LogP contribution is 2.16. The van der Waals surface area contributed by atoms with Crippen molar-refractivity contribution in [3.05, 3.63) is 24.3 Å². The monoisotopic (exact) mass is 315 g/mol. The largest absolute Gasteiger partial charge is 0.497 e. The van der Waals surface area contributed by atoms with Crippen molar-refractivity contribution in [3.8, 4) is 5.75 Å². The number of anilines is 1. The Balaban J connectivity index is 0.00000400. The third kappa shape index (κ3) is 7.90. The van der Waals surface area contributed by atoms with E-state index in [0.717, 1.165) is 18.0 Å². The topological polar surface area (TPSA) is 67.6 Å². The van der Waals surface area contributed by atoms with Gasteiger partial charge in [0.05, 0.1) is 13.7 Å². The van der Waals surface area contributed by atoms with Gasteiger partial charge < -0.3 is 15.8 Å². The molecule has 1 aromatic rings. The summed E-state index contributed by atoms with van der Waals surface area (Å²) in [5.41, 5.74) is 6.41. The minimum Gasteiger partial charge on any atom is -0.497 e. The van der Waals surface area contributed by atoms with Crippen molar-refractivity contribution in [1.82, 2.24) is 4.90 Å². The number of amides is 1. The van der Waals surface area contributed by atoms with E-state index >= 15 is 0 Å². The SMILES string of the molecule is CCN(CC(=O)Nc1cccc(OC)c1)CC(C)(C)N.Cl. The highest BCUT2D eigenvalue weighted by Gasteiger charge is 2.17. The van der Waals surface area contributed by atoms with Crippen molar-refractivity contribution in [1.29, 1.82) is 0 Å². The minimum absolute atomic E-state index is 0. The maximum atomic E-state index is 12.0. The Morgan fingerprint density at radius 3 is 2.62 bits per heavy atom. The zero-order valence-electron chi connectivity index (χ0n) is 13.2. The molecule has 0 saturated heterocycles. The Kier molecular flexibility index (Phi) is 8.32. The average molecular weight is 316 g/mol. The fourth-order valence-electron chi connectivity index (χ4n) is 1.96. The maximum Gasteiger partial charge on any atom is 0.238 e. The molecule has 0 bridgehead atoms. The van der Waals surface area contributed by atoms with Gasteiger partial charge in [-0.25, -0.2) is 0 Å². The lowest BCUT2D eigenvalue weighted by Crippen LogP contribution is -2.47. The number of halogens is 1. The van der Waals surface area contributed by atoms with Gasteiger partial charge in [-0.3, -0.25) is 9.69 Å². The Bertz CT molecular complexity index is 447. The van der Waals surface area contributed by atoms with Crippen LogP contribution in [0.25, 0.3) is 0 Å². The summed E-state index contributed by atoms with van der Waals surface area (Å²) in [6.45, 7) is 7.71. The van der Waals surface area contributed by atoms with Crippen LogP contribution in [-0.2, 0) is 4.79 Å². The van der Waals surface area contributed by atoms with Crippen molar-refractivity contribution in [2.24, 2.45) is 5.73 Å². The number of hydrogen-bond acceptors (Lipinski definition) is 4. The number of rotatable bonds is 7. The van der Waals surface area contributed by atoms with Crippen molar-refractivity contribution >= 4 is 24.0 Å². The van der Waals surface area contributed by atoms with Crippen molar-refractivity contribution in [3.63, 3.8) is 0 Å². The van der Waals surface area contributed by atoms with E-state index in [1.54, 1.807) is 13.2 Å². The van der Waals surface area contributed by atoms with Crippen LogP contribution in [0.1, 0.15) is 20.8 Å². The fraction of sp³-hybridized carbons (Fsp3) is 0.533. The molecular weight excluding hydrogens is 290 g/mol. The molecule has 6 heteroatoms. The van der Waals surface area contributed by atoms with Crippen LogP contribution in [0.4, 0.5) is 5.69 Å². The number of methoxy groups -OCH3 is 1. The summed E-state index contributed by atoms with van der Waals surface area (Å²) in [6, 6.07) is 7.31. The molecule has 0 heterocycles. The van der Waals surface area contributed by atoms with E-state index in [1.807, 2.05) is 43.9 Å². The molecule has 0 aliphatic heterocycles. The lowest BCUT2D eigenvalue weighted by atomic mass is 10.1. The summed E-state index contributed by atoms with van der Waals surface area (Å²) in [5, 5.41) is 2.87. The van der Waals surface area contributed by atoms with Gasteiger partial charge >= 0.3 is 0 Å². The van der Waals surface area contributed by atoms with Gasteiger partial charge in [0.25, 0.3) is 0 Å². The number of nitrogens with zero attached hydrogens (tertiary/aromatic N) is 1. The summed E-state index contributed by atoms with van der Waals surface area (Å²) in [7, 11) is 1.60. The summed E-state index contributed by atoms with van der Waals surface area (Å²) in [6.07, 6.45) is 0. The minimum atomic E-state index is -0.313. The lowest BCUT2D eigenvalue weighted by molar-refractivity contribution is -0.117. The van der Waals surface area contributed by atoms with Crippen LogP contribution in [-0.4, -0.2) is 43.1 Å². The van der Waals surface area contributed by atoms with E-state index in [-0.39, 0.29) is 23.9 Å². The molecule has 0 spiro atoms. The van der Waals surface area contributed by atoms with Gasteiger partial charge in [-0.05, 0) is 32.5 Å². The summed E-state index contributed by atoms with van der Waals surface area (Å²) in [4.78, 5) is 14.1. The van der Waals surface area contributed by atoms with Gasteiger partial charge in [0.15, 0.2) is 0 Å². The van der Waals surface area contributed by atoms with Gasteiger partial charge in [-0.2, -0.15) is 0 Å². The summed E-state index contributed by atoms with van der Waals surface area (Å²) < 4.78 is 5.13. The van der Waals surface area contributed by atoms with E-state index in [4.69, 9.17) is 10.5 Å². The van der Waals surface area contributed by atoms with Gasteiger partial charge in [-0.1, -0.05) is 13.0 Å². The summed E-state index contributed by atoms with van der Waals surface area (Å²) >= 11 is 0. The highest BCUT2D eigenvalue weighted by molar-refractivity contribution is 5.92. The average Bonchev–Trinajstić information content (AvgIpc) is 2.36. The molecule has 0 fully saturated rings. The predicted molar refractivity (Wildman–Crippen MR) is 89.3 cm³/mol. The van der Waals surface area contributed by atoms with Gasteiger partial charge in [-0.15, -0.1) is 12.4 Å². The molecule has 21 heavy (non-hydrogen) atoms. The fourth-order valence-corrected chi connectivity index (χ4v) is 1.96. The molecule has 0 saturated carbocycles. The second-order valence-corrected chi connectivity index (χ2v) is 5.57. The second kappa shape index (κ2) is 8.87. The van der Waals surface area contributed by atoms with Crippen molar-refractivity contribution in [2.45, 2.75) is 26.3 Å². The van der Waals surface area contributed by atoms with Crippen LogP contribution in [0.3, 0.4) is 0 Å². The molecule has 3 N–H and O–H groups in total. The molecule has 0 radical (unpaired) electrons. The molecule has 0 aliphatic rings. The van der Waals surface area contributed by atoms with Crippen LogP contribution < -0.4 is 15.8 Å². The van der Waals surface area contributed by atoms with Crippen LogP contribution in [0.15, 0.2) is 24.3 Å². The zero-order chi connectivity index (χ0) is 15.2. The Morgan fingerprint density at radius 2 is 2.10 bits per heavy atom. The molecule has 1 amide bonds. The number of nitrogens with one attached hydrogen (secondary N) is 1. The smallest absolute Gasteiger partial charge is 0.238 e. The standard InChI is InChI=1S/C15H25N3O2.ClH/c1-5-18(11-15(2,3)16)10-14(19)17-12-7-6-8-13(9-12)20-4;/h6-9H,5,10-11,16H2,1-4H3,(H,17,19);1H.